The van der Waals surface area contributed by atoms with Crippen LogP contribution in [0.2, 0.25) is 0 Å². The van der Waals surface area contributed by atoms with Crippen LogP contribution in [0.15, 0.2) is 18.2 Å². The smallest absolute Gasteiger partial charge is 0.241 e. The zero-order valence-electron chi connectivity index (χ0n) is 10.3. The maximum Gasteiger partial charge on any atom is 0.241 e. The van der Waals surface area contributed by atoms with E-state index in [1.165, 1.54) is 11.0 Å². The van der Waals surface area contributed by atoms with Crippen molar-refractivity contribution < 1.29 is 14.3 Å². The van der Waals surface area contributed by atoms with Gasteiger partial charge in [0.2, 0.25) is 5.91 Å². The Balaban J connectivity index is 2.82. The van der Waals surface area contributed by atoms with Gasteiger partial charge in [-0.05, 0) is 17.7 Å². The predicted octanol–water partition coefficient (Wildman–Crippen LogP) is 0.842. The first kappa shape index (κ1) is 13.4. The van der Waals surface area contributed by atoms with Crippen LogP contribution in [0.3, 0.4) is 0 Å². The Morgan fingerprint density at radius 1 is 1.35 bits per heavy atom. The summed E-state index contributed by atoms with van der Waals surface area (Å²) in [5.41, 5.74) is 0.857. The Morgan fingerprint density at radius 3 is 2.47 bits per heavy atom. The average Bonchev–Trinajstić information content (AvgIpc) is 2.28. The quantitative estimate of drug-likeness (QED) is 0.848. The summed E-state index contributed by atoms with van der Waals surface area (Å²) in [6.45, 7) is -0.0834. The van der Waals surface area contributed by atoms with Crippen LogP contribution in [0.4, 0.5) is 10.1 Å². The largest absolute Gasteiger partial charge is 0.392 e. The molecule has 0 heterocycles. The van der Waals surface area contributed by atoms with Crippen LogP contribution < -0.4 is 4.90 Å². The van der Waals surface area contributed by atoms with Gasteiger partial charge in [-0.2, -0.15) is 0 Å². The van der Waals surface area contributed by atoms with E-state index in [2.05, 4.69) is 0 Å². The van der Waals surface area contributed by atoms with Crippen LogP contribution in [0, 0.1) is 5.82 Å². The van der Waals surface area contributed by atoms with Gasteiger partial charge in [-0.3, -0.25) is 4.79 Å². The molecule has 0 aliphatic carbocycles. The number of aliphatic hydroxyl groups excluding tert-OH is 1. The third-order valence-electron chi connectivity index (χ3n) is 2.48. The zero-order valence-corrected chi connectivity index (χ0v) is 10.3. The number of carbonyl (C=O) groups excluding carboxylic acids is 1. The standard InChI is InChI=1S/C12H17FN2O2/c1-14(2)12(17)7-15(3)11-5-4-9(8-16)6-10(11)13/h4-6,16H,7-8H2,1-3H3. The molecule has 0 fully saturated rings. The van der Waals surface area contributed by atoms with E-state index in [4.69, 9.17) is 5.11 Å². The Labute approximate surface area is 100 Å². The maximum absolute atomic E-state index is 13.7. The van der Waals surface area contributed by atoms with Gasteiger partial charge in [-0.15, -0.1) is 0 Å². The monoisotopic (exact) mass is 240 g/mol. The number of hydrogen-bond donors (Lipinski definition) is 1. The number of halogens is 1. The molecular weight excluding hydrogens is 223 g/mol. The molecule has 0 bridgehead atoms. The highest BCUT2D eigenvalue weighted by Gasteiger charge is 2.12. The fourth-order valence-electron chi connectivity index (χ4n) is 1.39. The van der Waals surface area contributed by atoms with Crippen molar-refractivity contribution in [2.75, 3.05) is 32.6 Å². The topological polar surface area (TPSA) is 43.8 Å². The summed E-state index contributed by atoms with van der Waals surface area (Å²) < 4.78 is 13.7. The lowest BCUT2D eigenvalue weighted by Gasteiger charge is -2.21. The highest BCUT2D eigenvalue weighted by Crippen LogP contribution is 2.19. The number of rotatable bonds is 4. The van der Waals surface area contributed by atoms with Crippen LogP contribution >= 0.6 is 0 Å². The summed E-state index contributed by atoms with van der Waals surface area (Å²) in [7, 11) is 4.96. The first-order valence-corrected chi connectivity index (χ1v) is 5.26. The van der Waals surface area contributed by atoms with Gasteiger partial charge in [0.1, 0.15) is 5.82 Å². The molecule has 0 aliphatic heterocycles. The third-order valence-corrected chi connectivity index (χ3v) is 2.48. The maximum atomic E-state index is 13.7. The first-order valence-electron chi connectivity index (χ1n) is 5.26. The van der Waals surface area contributed by atoms with Crippen molar-refractivity contribution in [2.24, 2.45) is 0 Å². The Morgan fingerprint density at radius 2 is 2.00 bits per heavy atom. The second kappa shape index (κ2) is 5.63. The number of amides is 1. The van der Waals surface area contributed by atoms with Crippen molar-refractivity contribution in [3.63, 3.8) is 0 Å². The lowest BCUT2D eigenvalue weighted by Crippen LogP contribution is -2.34. The minimum atomic E-state index is -0.439. The minimum Gasteiger partial charge on any atom is -0.392 e. The van der Waals surface area contributed by atoms with E-state index in [0.717, 1.165) is 0 Å². The molecule has 0 spiro atoms. The van der Waals surface area contributed by atoms with Crippen LogP contribution in [0.5, 0.6) is 0 Å². The highest BCUT2D eigenvalue weighted by atomic mass is 19.1. The number of carbonyl (C=O) groups is 1. The average molecular weight is 240 g/mol. The molecule has 1 amide bonds. The van der Waals surface area contributed by atoms with Crippen molar-refractivity contribution in [3.05, 3.63) is 29.6 Å². The van der Waals surface area contributed by atoms with E-state index < -0.39 is 5.82 Å². The van der Waals surface area contributed by atoms with E-state index in [-0.39, 0.29) is 19.1 Å². The van der Waals surface area contributed by atoms with Crippen molar-refractivity contribution >= 4 is 11.6 Å². The molecule has 1 rings (SSSR count). The predicted molar refractivity (Wildman–Crippen MR) is 64.3 cm³/mol. The van der Waals surface area contributed by atoms with Gasteiger partial charge in [-0.1, -0.05) is 6.07 Å². The second-order valence-corrected chi connectivity index (χ2v) is 4.09. The van der Waals surface area contributed by atoms with Crippen molar-refractivity contribution in [1.29, 1.82) is 0 Å². The molecule has 0 radical (unpaired) electrons. The molecule has 0 atom stereocenters. The molecule has 94 valence electrons. The van der Waals surface area contributed by atoms with Gasteiger partial charge >= 0.3 is 0 Å². The Hall–Kier alpha value is -1.62. The number of hydrogen-bond acceptors (Lipinski definition) is 3. The molecule has 0 saturated carbocycles. The van der Waals surface area contributed by atoms with E-state index in [1.807, 2.05) is 0 Å². The summed E-state index contributed by atoms with van der Waals surface area (Å²) in [5, 5.41) is 8.87. The molecule has 17 heavy (non-hydrogen) atoms. The van der Waals surface area contributed by atoms with Gasteiger partial charge in [0.05, 0.1) is 18.8 Å². The van der Waals surface area contributed by atoms with E-state index in [1.54, 1.807) is 38.2 Å². The molecule has 0 unspecified atom stereocenters. The molecular formula is C12H17FN2O2. The molecule has 4 nitrogen and oxygen atoms in total. The van der Waals surface area contributed by atoms with Gasteiger partial charge in [-0.25, -0.2) is 4.39 Å². The molecule has 0 saturated heterocycles. The summed E-state index contributed by atoms with van der Waals surface area (Å²) in [5.74, 6) is -0.538. The van der Waals surface area contributed by atoms with Gasteiger partial charge in [0.25, 0.3) is 0 Å². The molecule has 5 heteroatoms. The molecule has 1 aromatic carbocycles. The second-order valence-electron chi connectivity index (χ2n) is 4.09. The van der Waals surface area contributed by atoms with Gasteiger partial charge < -0.3 is 14.9 Å². The lowest BCUT2D eigenvalue weighted by molar-refractivity contribution is -0.127. The minimum absolute atomic E-state index is 0.0989. The number of anilines is 1. The molecule has 0 aliphatic rings. The van der Waals surface area contributed by atoms with Crippen LogP contribution in [0.25, 0.3) is 0 Å². The van der Waals surface area contributed by atoms with Gasteiger partial charge in [0.15, 0.2) is 0 Å². The fourth-order valence-corrected chi connectivity index (χ4v) is 1.39. The molecule has 1 aromatic rings. The summed E-state index contributed by atoms with van der Waals surface area (Å²) in [6.07, 6.45) is 0. The van der Waals surface area contributed by atoms with E-state index >= 15 is 0 Å². The number of aliphatic hydroxyl groups is 1. The van der Waals surface area contributed by atoms with Crippen LogP contribution in [-0.2, 0) is 11.4 Å². The van der Waals surface area contributed by atoms with Crippen molar-refractivity contribution in [2.45, 2.75) is 6.61 Å². The molecule has 0 aromatic heterocycles. The fraction of sp³-hybridized carbons (Fsp3) is 0.417. The lowest BCUT2D eigenvalue weighted by atomic mass is 10.2. The third kappa shape index (κ3) is 3.42. The zero-order chi connectivity index (χ0) is 13.0. The first-order chi connectivity index (χ1) is 7.95. The SMILES string of the molecule is CN(C)C(=O)CN(C)c1ccc(CO)cc1F. The van der Waals surface area contributed by atoms with E-state index in [9.17, 15) is 9.18 Å². The summed E-state index contributed by atoms with van der Waals surface area (Å²) in [4.78, 5) is 14.5. The van der Waals surface area contributed by atoms with Crippen LogP contribution in [0.1, 0.15) is 5.56 Å². The van der Waals surface area contributed by atoms with E-state index in [0.29, 0.717) is 11.3 Å². The highest BCUT2D eigenvalue weighted by molar-refractivity contribution is 5.80. The van der Waals surface area contributed by atoms with Crippen molar-refractivity contribution in [1.82, 2.24) is 4.90 Å². The van der Waals surface area contributed by atoms with Crippen LogP contribution in [-0.4, -0.2) is 43.6 Å². The molecule has 1 N–H and O–H groups in total. The number of likely N-dealkylation sites (N-methyl/N-ethyl adjacent to an activating group) is 2. The normalized spacial score (nSPS) is 10.2. The number of benzene rings is 1. The number of nitrogens with zero attached hydrogens (tertiary/aromatic N) is 2. The summed E-state index contributed by atoms with van der Waals surface area (Å²) >= 11 is 0. The Bertz CT molecular complexity index is 407. The van der Waals surface area contributed by atoms with Gasteiger partial charge in [0, 0.05) is 21.1 Å². The summed E-state index contributed by atoms with van der Waals surface area (Å²) in [6, 6.07) is 4.46. The van der Waals surface area contributed by atoms with Crippen molar-refractivity contribution in [3.8, 4) is 0 Å². The Kier molecular flexibility index (Phi) is 4.45.